The van der Waals surface area contributed by atoms with Gasteiger partial charge in [-0.2, -0.15) is 0 Å². The predicted octanol–water partition coefficient (Wildman–Crippen LogP) is 1.60. The Kier molecular flexibility index (Phi) is 9.06. The van der Waals surface area contributed by atoms with Crippen molar-refractivity contribution in [3.8, 4) is 5.75 Å². The number of aliphatic carboxylic acids is 1. The molecule has 2 amide bonds. The summed E-state index contributed by atoms with van der Waals surface area (Å²) >= 11 is 0. The van der Waals surface area contributed by atoms with Crippen LogP contribution < -0.4 is 10.5 Å². The number of nitrogens with zero attached hydrogens (tertiary/aromatic N) is 2. The van der Waals surface area contributed by atoms with E-state index < -0.39 is 30.4 Å². The molecule has 174 valence electrons. The number of carbonyl (C=O) groups is 4. The molecule has 0 fully saturated rings. The molecule has 2 aromatic carbocycles. The maximum Gasteiger partial charge on any atom is 0.437 e. The van der Waals surface area contributed by atoms with Gasteiger partial charge in [0.1, 0.15) is 12.4 Å². The summed E-state index contributed by atoms with van der Waals surface area (Å²) in [5, 5.41) is 17.9. The highest BCUT2D eigenvalue weighted by atomic mass is 16.6. The van der Waals surface area contributed by atoms with Crippen LogP contribution in [0.25, 0.3) is 0 Å². The van der Waals surface area contributed by atoms with Crippen molar-refractivity contribution in [2.24, 2.45) is 4.99 Å². The maximum absolute atomic E-state index is 12.8. The van der Waals surface area contributed by atoms with Crippen molar-refractivity contribution >= 4 is 35.3 Å². The second-order valence-electron chi connectivity index (χ2n) is 6.68. The third-order valence-corrected chi connectivity index (χ3v) is 4.24. The molecule has 0 saturated heterocycles. The minimum atomic E-state index is -1.68. The molecule has 4 N–H and O–H groups in total. The summed E-state index contributed by atoms with van der Waals surface area (Å²) in [6.45, 7) is -0.771. The number of carbonyl (C=O) groups excluding carboxylic acids is 3. The van der Waals surface area contributed by atoms with Gasteiger partial charge in [-0.15, -0.1) is 4.99 Å². The van der Waals surface area contributed by atoms with E-state index in [-0.39, 0.29) is 42.5 Å². The molecule has 2 rings (SSSR count). The Labute approximate surface area is 189 Å². The van der Waals surface area contributed by atoms with Crippen LogP contribution in [-0.2, 0) is 9.53 Å². The third kappa shape index (κ3) is 7.43. The topological polar surface area (TPSA) is 169 Å². The summed E-state index contributed by atoms with van der Waals surface area (Å²) in [5.74, 6) is -3.65. The van der Waals surface area contributed by atoms with E-state index >= 15 is 0 Å². The average molecular weight is 457 g/mol. The fourth-order valence-corrected chi connectivity index (χ4v) is 2.63. The lowest BCUT2D eigenvalue weighted by molar-refractivity contribution is -0.130. The molecule has 0 aliphatic heterocycles. The molecule has 0 aromatic heterocycles. The lowest BCUT2D eigenvalue weighted by atomic mass is 10.1. The largest absolute Gasteiger partial charge is 0.474 e. The first kappa shape index (κ1) is 25.0. The highest BCUT2D eigenvalue weighted by molar-refractivity contribution is 6.34. The van der Waals surface area contributed by atoms with E-state index in [0.29, 0.717) is 5.56 Å². The normalized spacial score (nSPS) is 10.9. The molecular weight excluding hydrogens is 434 g/mol. The number of carboxylic acids is 1. The third-order valence-electron chi connectivity index (χ3n) is 4.24. The lowest BCUT2D eigenvalue weighted by Crippen LogP contribution is -2.29. The molecule has 0 saturated carbocycles. The number of ether oxygens (including phenoxy) is 2. The van der Waals surface area contributed by atoms with Crippen molar-refractivity contribution in [3.05, 3.63) is 59.7 Å². The molecule has 2 aromatic rings. The molecule has 11 heteroatoms. The van der Waals surface area contributed by atoms with Crippen molar-refractivity contribution < 1.29 is 38.9 Å². The van der Waals surface area contributed by atoms with Gasteiger partial charge in [0.05, 0.1) is 12.2 Å². The van der Waals surface area contributed by atoms with Gasteiger partial charge in [0.2, 0.25) is 0 Å². The number of nitrogen functional groups attached to an aromatic ring is 1. The van der Waals surface area contributed by atoms with Crippen molar-refractivity contribution in [1.29, 1.82) is 0 Å². The summed E-state index contributed by atoms with van der Waals surface area (Å²) < 4.78 is 9.67. The number of hydrogen-bond donors (Lipinski definition) is 3. The predicted molar refractivity (Wildman–Crippen MR) is 117 cm³/mol. The fraction of sp³-hybridized carbons (Fsp3) is 0.227. The minimum absolute atomic E-state index is 0.0479. The van der Waals surface area contributed by atoms with Gasteiger partial charge in [-0.25, -0.2) is 9.59 Å². The zero-order valence-electron chi connectivity index (χ0n) is 17.8. The maximum atomic E-state index is 12.8. The number of Topliss-reactive ketones (excluding diaryl/α,β-unsaturated/α-hetero) is 1. The summed E-state index contributed by atoms with van der Waals surface area (Å²) in [6, 6.07) is 12.5. The number of benzene rings is 2. The second-order valence-corrected chi connectivity index (χ2v) is 6.68. The van der Waals surface area contributed by atoms with Crippen LogP contribution in [0.1, 0.15) is 27.1 Å². The van der Waals surface area contributed by atoms with Crippen LogP contribution in [0.2, 0.25) is 0 Å². The Morgan fingerprint density at radius 2 is 1.79 bits per heavy atom. The lowest BCUT2D eigenvalue weighted by Gasteiger charge is -2.17. The quantitative estimate of drug-likeness (QED) is 0.231. The SMILES string of the molecule is CN(CCC(=O)c1cc(N)ccc1OC(=NC(=O)OCCO)C(=O)O)C(=O)c1ccccc1. The van der Waals surface area contributed by atoms with Crippen LogP contribution in [-0.4, -0.2) is 71.6 Å². The number of amides is 2. The van der Waals surface area contributed by atoms with E-state index in [1.807, 2.05) is 0 Å². The molecule has 0 heterocycles. The first-order valence-corrected chi connectivity index (χ1v) is 9.73. The monoisotopic (exact) mass is 457 g/mol. The highest BCUT2D eigenvalue weighted by Gasteiger charge is 2.21. The number of anilines is 1. The standard InChI is InChI=1S/C22H23N3O8/c1-25(20(28)14-5-3-2-4-6-14)10-9-17(27)16-13-15(23)7-8-18(16)33-19(21(29)30)24-22(31)32-12-11-26/h2-8,13,26H,9-12,23H2,1H3,(H,29,30). The first-order chi connectivity index (χ1) is 15.7. The number of hydrogen-bond acceptors (Lipinski definition) is 8. The summed E-state index contributed by atoms with van der Waals surface area (Å²) in [5.41, 5.74) is 6.39. The van der Waals surface area contributed by atoms with Crippen LogP contribution in [0.5, 0.6) is 5.75 Å². The number of aliphatic imine (C=N–C) groups is 1. The van der Waals surface area contributed by atoms with E-state index in [2.05, 4.69) is 9.73 Å². The smallest absolute Gasteiger partial charge is 0.437 e. The van der Waals surface area contributed by atoms with Crippen LogP contribution in [0.3, 0.4) is 0 Å². The molecule has 0 radical (unpaired) electrons. The number of carboxylic acid groups (broad SMARTS) is 1. The molecule has 0 aliphatic rings. The van der Waals surface area contributed by atoms with Crippen molar-refractivity contribution in [3.63, 3.8) is 0 Å². The molecular formula is C22H23N3O8. The van der Waals surface area contributed by atoms with Crippen molar-refractivity contribution in [2.75, 3.05) is 32.5 Å². The van der Waals surface area contributed by atoms with E-state index in [9.17, 15) is 24.3 Å². The number of aliphatic hydroxyl groups excluding tert-OH is 1. The molecule has 11 nitrogen and oxygen atoms in total. The van der Waals surface area contributed by atoms with Crippen LogP contribution in [0, 0.1) is 0 Å². The molecule has 33 heavy (non-hydrogen) atoms. The van der Waals surface area contributed by atoms with Crippen molar-refractivity contribution in [2.45, 2.75) is 6.42 Å². The van der Waals surface area contributed by atoms with E-state index in [1.54, 1.807) is 37.4 Å². The minimum Gasteiger partial charge on any atom is -0.474 e. The zero-order chi connectivity index (χ0) is 24.4. The van der Waals surface area contributed by atoms with Gasteiger partial charge in [-0.3, -0.25) is 9.59 Å². The van der Waals surface area contributed by atoms with E-state index in [0.717, 1.165) is 0 Å². The van der Waals surface area contributed by atoms with Crippen molar-refractivity contribution in [1.82, 2.24) is 4.90 Å². The zero-order valence-corrected chi connectivity index (χ0v) is 17.8. The Hall–Kier alpha value is -4.25. The summed E-state index contributed by atoms with van der Waals surface area (Å²) in [6.07, 6.45) is -1.39. The number of rotatable bonds is 8. The van der Waals surface area contributed by atoms with Crippen LogP contribution >= 0.6 is 0 Å². The average Bonchev–Trinajstić information content (AvgIpc) is 2.81. The Balaban J connectivity index is 2.16. The van der Waals surface area contributed by atoms with Gasteiger partial charge in [0.25, 0.3) is 5.91 Å². The molecule has 0 atom stereocenters. The first-order valence-electron chi connectivity index (χ1n) is 9.73. The molecule has 0 spiro atoms. The fourth-order valence-electron chi connectivity index (χ4n) is 2.63. The van der Waals surface area contributed by atoms with Gasteiger partial charge < -0.3 is 30.3 Å². The van der Waals surface area contributed by atoms with Gasteiger partial charge >= 0.3 is 18.0 Å². The van der Waals surface area contributed by atoms with Gasteiger partial charge in [-0.05, 0) is 30.3 Å². The summed E-state index contributed by atoms with van der Waals surface area (Å²) in [7, 11) is 1.55. The van der Waals surface area contributed by atoms with E-state index in [1.165, 1.54) is 23.1 Å². The van der Waals surface area contributed by atoms with Gasteiger partial charge in [0, 0.05) is 31.3 Å². The molecule has 0 bridgehead atoms. The molecule has 0 aliphatic carbocycles. The summed E-state index contributed by atoms with van der Waals surface area (Å²) in [4.78, 5) is 52.8. The number of aliphatic hydroxyl groups is 1. The van der Waals surface area contributed by atoms with Gasteiger partial charge in [-0.1, -0.05) is 18.2 Å². The van der Waals surface area contributed by atoms with E-state index in [4.69, 9.17) is 15.6 Å². The Bertz CT molecular complexity index is 1050. The van der Waals surface area contributed by atoms with Gasteiger partial charge in [0.15, 0.2) is 5.78 Å². The molecule has 0 unspecified atom stereocenters. The van der Waals surface area contributed by atoms with Crippen LogP contribution in [0.15, 0.2) is 53.5 Å². The second kappa shape index (κ2) is 12.0. The Morgan fingerprint density at radius 3 is 2.42 bits per heavy atom. The van der Waals surface area contributed by atoms with Crippen LogP contribution in [0.4, 0.5) is 10.5 Å². The number of ketones is 1. The Morgan fingerprint density at radius 1 is 1.09 bits per heavy atom. The number of nitrogens with two attached hydrogens (primary N) is 1. The highest BCUT2D eigenvalue weighted by Crippen LogP contribution is 2.24.